The lowest BCUT2D eigenvalue weighted by molar-refractivity contribution is -0.136. The quantitative estimate of drug-likeness (QED) is 0.685. The van der Waals surface area contributed by atoms with Gasteiger partial charge in [-0.3, -0.25) is 9.78 Å². The van der Waals surface area contributed by atoms with Gasteiger partial charge in [0.15, 0.2) is 0 Å². The molecule has 0 saturated heterocycles. The van der Waals surface area contributed by atoms with Crippen LogP contribution in [0, 0.1) is 6.92 Å². The maximum Gasteiger partial charge on any atom is 0.304 e. The van der Waals surface area contributed by atoms with Gasteiger partial charge in [0, 0.05) is 18.8 Å². The lowest BCUT2D eigenvalue weighted by Crippen LogP contribution is -2.18. The molecule has 0 saturated carbocycles. The Hall–Kier alpha value is -1.42. The fraction of sp³-hybridized carbons (Fsp3) is 0.400. The Morgan fingerprint density at radius 3 is 3.00 bits per heavy atom. The van der Waals surface area contributed by atoms with E-state index in [1.54, 1.807) is 0 Å². The number of carboxylic acids is 1. The molecule has 0 aromatic carbocycles. The van der Waals surface area contributed by atoms with Gasteiger partial charge in [-0.1, -0.05) is 6.07 Å². The smallest absolute Gasteiger partial charge is 0.304 e. The Morgan fingerprint density at radius 2 is 2.36 bits per heavy atom. The van der Waals surface area contributed by atoms with Crippen molar-refractivity contribution < 1.29 is 9.90 Å². The molecule has 1 aromatic rings. The summed E-state index contributed by atoms with van der Waals surface area (Å²) in [6.45, 7) is 3.03. The van der Waals surface area contributed by atoms with Crippen molar-refractivity contribution in [3.63, 3.8) is 0 Å². The van der Waals surface area contributed by atoms with Crippen molar-refractivity contribution in [1.82, 2.24) is 10.3 Å². The highest BCUT2D eigenvalue weighted by Gasteiger charge is 1.97. The van der Waals surface area contributed by atoms with Crippen LogP contribution in [0.1, 0.15) is 17.8 Å². The van der Waals surface area contributed by atoms with Crippen LogP contribution < -0.4 is 5.32 Å². The molecule has 1 heterocycles. The molecule has 76 valence electrons. The van der Waals surface area contributed by atoms with Crippen molar-refractivity contribution in [2.24, 2.45) is 0 Å². The Kier molecular flexibility index (Phi) is 4.07. The van der Waals surface area contributed by atoms with E-state index in [1.807, 2.05) is 25.1 Å². The van der Waals surface area contributed by atoms with Crippen LogP contribution >= 0.6 is 0 Å². The summed E-state index contributed by atoms with van der Waals surface area (Å²) in [5.74, 6) is -0.783. The molecule has 0 unspecified atom stereocenters. The third kappa shape index (κ3) is 4.00. The number of carboxylic acid groups (broad SMARTS) is 1. The Morgan fingerprint density at radius 1 is 1.57 bits per heavy atom. The van der Waals surface area contributed by atoms with Gasteiger partial charge in [0.05, 0.1) is 12.1 Å². The summed E-state index contributed by atoms with van der Waals surface area (Å²) in [6.07, 6.45) is 0.145. The Labute approximate surface area is 83.0 Å². The number of aromatic nitrogens is 1. The fourth-order valence-corrected chi connectivity index (χ4v) is 1.11. The van der Waals surface area contributed by atoms with Gasteiger partial charge in [-0.05, 0) is 19.1 Å². The highest BCUT2D eigenvalue weighted by Crippen LogP contribution is 1.97. The van der Waals surface area contributed by atoms with Crippen LogP contribution in [0.15, 0.2) is 18.2 Å². The van der Waals surface area contributed by atoms with Crippen molar-refractivity contribution in [1.29, 1.82) is 0 Å². The van der Waals surface area contributed by atoms with Crippen molar-refractivity contribution in [3.8, 4) is 0 Å². The maximum atomic E-state index is 10.2. The Balaban J connectivity index is 2.28. The van der Waals surface area contributed by atoms with Gasteiger partial charge in [0.2, 0.25) is 0 Å². The lowest BCUT2D eigenvalue weighted by Gasteiger charge is -2.02. The second kappa shape index (κ2) is 5.34. The highest BCUT2D eigenvalue weighted by molar-refractivity contribution is 5.66. The van der Waals surface area contributed by atoms with Gasteiger partial charge in [-0.15, -0.1) is 0 Å². The molecule has 4 nitrogen and oxygen atoms in total. The third-order valence-corrected chi connectivity index (χ3v) is 1.77. The molecule has 0 fully saturated rings. The molecular formula is C10H14N2O2. The zero-order valence-corrected chi connectivity index (χ0v) is 8.16. The minimum absolute atomic E-state index is 0.145. The van der Waals surface area contributed by atoms with Crippen LogP contribution in [-0.4, -0.2) is 22.6 Å². The van der Waals surface area contributed by atoms with Gasteiger partial charge in [-0.25, -0.2) is 0 Å². The minimum Gasteiger partial charge on any atom is -0.481 e. The molecule has 0 aliphatic carbocycles. The second-order valence-corrected chi connectivity index (χ2v) is 3.09. The van der Waals surface area contributed by atoms with Crippen molar-refractivity contribution in [3.05, 3.63) is 29.6 Å². The number of rotatable bonds is 5. The normalized spacial score (nSPS) is 10.1. The van der Waals surface area contributed by atoms with E-state index < -0.39 is 5.97 Å². The predicted molar refractivity (Wildman–Crippen MR) is 52.9 cm³/mol. The molecule has 2 N–H and O–H groups in total. The molecule has 0 amide bonds. The van der Waals surface area contributed by atoms with Crippen LogP contribution in [0.5, 0.6) is 0 Å². The summed E-state index contributed by atoms with van der Waals surface area (Å²) in [6, 6.07) is 5.79. The van der Waals surface area contributed by atoms with E-state index in [1.165, 1.54) is 0 Å². The molecule has 0 atom stereocenters. The fourth-order valence-electron chi connectivity index (χ4n) is 1.11. The van der Waals surface area contributed by atoms with E-state index in [9.17, 15) is 4.79 Å². The molecule has 1 rings (SSSR count). The summed E-state index contributed by atoms with van der Waals surface area (Å²) in [5.41, 5.74) is 1.91. The lowest BCUT2D eigenvalue weighted by atomic mass is 10.3. The first-order valence-corrected chi connectivity index (χ1v) is 4.53. The molecule has 4 heteroatoms. The number of nitrogens with one attached hydrogen (secondary N) is 1. The van der Waals surface area contributed by atoms with Crippen LogP contribution in [-0.2, 0) is 11.3 Å². The zero-order valence-electron chi connectivity index (χ0n) is 8.16. The summed E-state index contributed by atoms with van der Waals surface area (Å²) in [7, 11) is 0. The summed E-state index contributed by atoms with van der Waals surface area (Å²) >= 11 is 0. The van der Waals surface area contributed by atoms with Crippen LogP contribution in [0.3, 0.4) is 0 Å². The molecule has 0 aliphatic rings. The molecule has 1 aromatic heterocycles. The number of aryl methyl sites for hydroxylation is 1. The van der Waals surface area contributed by atoms with E-state index >= 15 is 0 Å². The molecule has 0 radical (unpaired) electrons. The number of hydrogen-bond donors (Lipinski definition) is 2. The van der Waals surface area contributed by atoms with E-state index in [2.05, 4.69) is 10.3 Å². The SMILES string of the molecule is Cc1cccc(CNCCC(=O)O)n1. The summed E-state index contributed by atoms with van der Waals surface area (Å²) in [4.78, 5) is 14.5. The van der Waals surface area contributed by atoms with E-state index in [-0.39, 0.29) is 6.42 Å². The highest BCUT2D eigenvalue weighted by atomic mass is 16.4. The van der Waals surface area contributed by atoms with Gasteiger partial charge in [0.1, 0.15) is 0 Å². The zero-order chi connectivity index (χ0) is 10.4. The summed E-state index contributed by atoms with van der Waals surface area (Å²) in [5, 5.41) is 11.4. The standard InChI is InChI=1S/C10H14N2O2/c1-8-3-2-4-9(12-8)7-11-6-5-10(13)14/h2-4,11H,5-7H2,1H3,(H,13,14). The van der Waals surface area contributed by atoms with Crippen molar-refractivity contribution in [2.75, 3.05) is 6.54 Å². The largest absolute Gasteiger partial charge is 0.481 e. The van der Waals surface area contributed by atoms with Gasteiger partial charge >= 0.3 is 5.97 Å². The number of pyridine rings is 1. The van der Waals surface area contributed by atoms with Gasteiger partial charge in [0.25, 0.3) is 0 Å². The third-order valence-electron chi connectivity index (χ3n) is 1.77. The first kappa shape index (κ1) is 10.7. The molecule has 0 spiro atoms. The number of carbonyl (C=O) groups is 1. The van der Waals surface area contributed by atoms with Crippen molar-refractivity contribution >= 4 is 5.97 Å². The topological polar surface area (TPSA) is 62.2 Å². The van der Waals surface area contributed by atoms with Crippen LogP contribution in [0.25, 0.3) is 0 Å². The average molecular weight is 194 g/mol. The van der Waals surface area contributed by atoms with Crippen molar-refractivity contribution in [2.45, 2.75) is 19.9 Å². The molecule has 14 heavy (non-hydrogen) atoms. The summed E-state index contributed by atoms with van der Waals surface area (Å²) < 4.78 is 0. The van der Waals surface area contributed by atoms with Crippen LogP contribution in [0.2, 0.25) is 0 Å². The monoisotopic (exact) mass is 194 g/mol. The van der Waals surface area contributed by atoms with Crippen LogP contribution in [0.4, 0.5) is 0 Å². The minimum atomic E-state index is -0.783. The van der Waals surface area contributed by atoms with Gasteiger partial charge < -0.3 is 10.4 Å². The number of hydrogen-bond acceptors (Lipinski definition) is 3. The first-order valence-electron chi connectivity index (χ1n) is 4.53. The average Bonchev–Trinajstić information content (AvgIpc) is 2.12. The predicted octanol–water partition coefficient (Wildman–Crippen LogP) is 0.954. The Bertz CT molecular complexity index is 313. The molecule has 0 aliphatic heterocycles. The molecule has 0 bridgehead atoms. The van der Waals surface area contributed by atoms with E-state index in [0.29, 0.717) is 13.1 Å². The second-order valence-electron chi connectivity index (χ2n) is 3.09. The number of aliphatic carboxylic acids is 1. The first-order chi connectivity index (χ1) is 6.68. The number of nitrogens with zero attached hydrogens (tertiary/aromatic N) is 1. The maximum absolute atomic E-state index is 10.2. The van der Waals surface area contributed by atoms with E-state index in [0.717, 1.165) is 11.4 Å². The molecular weight excluding hydrogens is 180 g/mol. The van der Waals surface area contributed by atoms with Gasteiger partial charge in [-0.2, -0.15) is 0 Å². The van der Waals surface area contributed by atoms with E-state index in [4.69, 9.17) is 5.11 Å².